The summed E-state index contributed by atoms with van der Waals surface area (Å²) < 4.78 is 11.2. The summed E-state index contributed by atoms with van der Waals surface area (Å²) >= 11 is 0. The molecule has 134 valence electrons. The lowest BCUT2D eigenvalue weighted by molar-refractivity contribution is 0.213. The maximum Gasteiger partial charge on any atom is 0.164 e. The van der Waals surface area contributed by atoms with Gasteiger partial charge in [0.15, 0.2) is 11.5 Å². The predicted octanol–water partition coefficient (Wildman–Crippen LogP) is 3.08. The van der Waals surface area contributed by atoms with Crippen LogP contribution in [0.2, 0.25) is 0 Å². The van der Waals surface area contributed by atoms with Crippen LogP contribution in [0.3, 0.4) is 0 Å². The van der Waals surface area contributed by atoms with Gasteiger partial charge in [0.05, 0.1) is 14.2 Å². The van der Waals surface area contributed by atoms with Gasteiger partial charge in [0.1, 0.15) is 0 Å². The fourth-order valence-corrected chi connectivity index (χ4v) is 4.36. The lowest BCUT2D eigenvalue weighted by Gasteiger charge is -2.40. The van der Waals surface area contributed by atoms with E-state index in [4.69, 9.17) is 15.2 Å². The molecule has 3 unspecified atom stereocenters. The highest BCUT2D eigenvalue weighted by Gasteiger charge is 2.38. The summed E-state index contributed by atoms with van der Waals surface area (Å²) in [5.41, 5.74) is 9.88. The van der Waals surface area contributed by atoms with Crippen LogP contribution in [0.25, 0.3) is 0 Å². The summed E-state index contributed by atoms with van der Waals surface area (Å²) in [6.07, 6.45) is 1.61. The quantitative estimate of drug-likeness (QED) is 0.847. The van der Waals surface area contributed by atoms with Crippen molar-refractivity contribution in [3.05, 3.63) is 59.2 Å². The van der Waals surface area contributed by atoms with Gasteiger partial charge in [0.25, 0.3) is 0 Å². The van der Waals surface area contributed by atoms with E-state index in [1.54, 1.807) is 14.2 Å². The molecule has 0 aliphatic heterocycles. The van der Waals surface area contributed by atoms with E-state index in [0.29, 0.717) is 18.4 Å². The topological polar surface area (TPSA) is 64.7 Å². The molecule has 1 aliphatic rings. The van der Waals surface area contributed by atoms with Crippen molar-refractivity contribution in [3.8, 4) is 11.5 Å². The van der Waals surface area contributed by atoms with Crippen molar-refractivity contribution >= 4 is 0 Å². The highest BCUT2D eigenvalue weighted by molar-refractivity contribution is 5.54. The largest absolute Gasteiger partial charge is 0.493 e. The minimum atomic E-state index is 0.174. The molecule has 3 rings (SSSR count). The Labute approximate surface area is 149 Å². The molecular formula is C21H27NO3. The summed E-state index contributed by atoms with van der Waals surface area (Å²) in [5, 5.41) is 9.64. The Morgan fingerprint density at radius 1 is 1.08 bits per heavy atom. The van der Waals surface area contributed by atoms with E-state index in [1.807, 2.05) is 12.1 Å². The third-order valence-corrected chi connectivity index (χ3v) is 5.49. The molecule has 0 radical (unpaired) electrons. The second-order valence-electron chi connectivity index (χ2n) is 6.61. The number of aliphatic hydroxyl groups excluding tert-OH is 1. The number of ether oxygens (including phenoxy) is 2. The number of aliphatic hydroxyl groups is 1. The normalized spacial score (nSPS) is 22.3. The Balaban J connectivity index is 2.14. The molecule has 25 heavy (non-hydrogen) atoms. The van der Waals surface area contributed by atoms with Gasteiger partial charge in [-0.05, 0) is 48.4 Å². The first kappa shape index (κ1) is 17.8. The highest BCUT2D eigenvalue weighted by Crippen LogP contribution is 2.50. The zero-order valence-corrected chi connectivity index (χ0v) is 14.9. The minimum absolute atomic E-state index is 0.174. The third-order valence-electron chi connectivity index (χ3n) is 5.49. The molecule has 3 atom stereocenters. The molecule has 0 fully saturated rings. The zero-order chi connectivity index (χ0) is 17.8. The lowest BCUT2D eigenvalue weighted by Crippen LogP contribution is -2.33. The van der Waals surface area contributed by atoms with E-state index >= 15 is 0 Å². The van der Waals surface area contributed by atoms with Crippen LogP contribution in [0, 0.1) is 5.92 Å². The fourth-order valence-electron chi connectivity index (χ4n) is 4.36. The van der Waals surface area contributed by atoms with Gasteiger partial charge in [0, 0.05) is 18.1 Å². The van der Waals surface area contributed by atoms with Gasteiger partial charge in [-0.25, -0.2) is 0 Å². The Morgan fingerprint density at radius 3 is 2.44 bits per heavy atom. The van der Waals surface area contributed by atoms with Crippen molar-refractivity contribution in [1.29, 1.82) is 0 Å². The number of benzene rings is 2. The summed E-state index contributed by atoms with van der Waals surface area (Å²) in [7, 11) is 3.35. The second-order valence-corrected chi connectivity index (χ2v) is 6.61. The van der Waals surface area contributed by atoms with Crippen molar-refractivity contribution in [2.45, 2.75) is 24.7 Å². The van der Waals surface area contributed by atoms with Gasteiger partial charge in [-0.15, -0.1) is 0 Å². The number of hydrogen-bond acceptors (Lipinski definition) is 4. The molecule has 0 saturated heterocycles. The average Bonchev–Trinajstić information content (AvgIpc) is 2.67. The molecule has 0 aromatic heterocycles. The molecule has 2 aromatic carbocycles. The first-order valence-electron chi connectivity index (χ1n) is 8.84. The molecular weight excluding hydrogens is 314 g/mol. The SMILES string of the molecule is COc1ccc2c(c1OC)CC(c1ccccc1)C(CCO)C2CN. The van der Waals surface area contributed by atoms with E-state index in [2.05, 4.69) is 30.3 Å². The van der Waals surface area contributed by atoms with E-state index in [0.717, 1.165) is 24.3 Å². The molecule has 3 N–H and O–H groups in total. The number of methoxy groups -OCH3 is 2. The van der Waals surface area contributed by atoms with Gasteiger partial charge in [-0.1, -0.05) is 36.4 Å². The van der Waals surface area contributed by atoms with Crippen molar-refractivity contribution in [2.75, 3.05) is 27.4 Å². The molecule has 4 heteroatoms. The van der Waals surface area contributed by atoms with Gasteiger partial charge in [-0.3, -0.25) is 0 Å². The first-order valence-corrected chi connectivity index (χ1v) is 8.84. The maximum atomic E-state index is 9.64. The Morgan fingerprint density at radius 2 is 1.84 bits per heavy atom. The predicted molar refractivity (Wildman–Crippen MR) is 99.4 cm³/mol. The summed E-state index contributed by atoms with van der Waals surface area (Å²) in [6.45, 7) is 0.726. The van der Waals surface area contributed by atoms with E-state index in [1.165, 1.54) is 16.7 Å². The monoisotopic (exact) mass is 341 g/mol. The van der Waals surface area contributed by atoms with Gasteiger partial charge >= 0.3 is 0 Å². The molecule has 0 heterocycles. The van der Waals surface area contributed by atoms with E-state index in [9.17, 15) is 5.11 Å². The Kier molecular flexibility index (Phi) is 5.61. The Hall–Kier alpha value is -2.04. The smallest absolute Gasteiger partial charge is 0.164 e. The van der Waals surface area contributed by atoms with Crippen LogP contribution in [0.1, 0.15) is 34.9 Å². The molecule has 4 nitrogen and oxygen atoms in total. The first-order chi connectivity index (χ1) is 12.2. The van der Waals surface area contributed by atoms with Crippen LogP contribution in [0.4, 0.5) is 0 Å². The Bertz CT molecular complexity index is 702. The maximum absolute atomic E-state index is 9.64. The van der Waals surface area contributed by atoms with Gasteiger partial charge < -0.3 is 20.3 Å². The van der Waals surface area contributed by atoms with E-state index < -0.39 is 0 Å². The van der Waals surface area contributed by atoms with Crippen LogP contribution >= 0.6 is 0 Å². The molecule has 2 aromatic rings. The summed E-state index contributed by atoms with van der Waals surface area (Å²) in [4.78, 5) is 0. The van der Waals surface area contributed by atoms with Crippen LogP contribution in [-0.2, 0) is 6.42 Å². The molecule has 0 saturated carbocycles. The number of rotatable bonds is 6. The lowest BCUT2D eigenvalue weighted by atomic mass is 9.65. The van der Waals surface area contributed by atoms with Crippen LogP contribution in [0.5, 0.6) is 11.5 Å². The van der Waals surface area contributed by atoms with Crippen molar-refractivity contribution < 1.29 is 14.6 Å². The highest BCUT2D eigenvalue weighted by atomic mass is 16.5. The number of nitrogens with two attached hydrogens (primary N) is 1. The number of fused-ring (bicyclic) bond motifs is 1. The van der Waals surface area contributed by atoms with E-state index in [-0.39, 0.29) is 12.5 Å². The zero-order valence-electron chi connectivity index (χ0n) is 14.9. The van der Waals surface area contributed by atoms with Crippen LogP contribution in [-0.4, -0.2) is 32.5 Å². The third kappa shape index (κ3) is 3.24. The molecule has 0 bridgehead atoms. The standard InChI is InChI=1S/C21H27NO3/c1-24-20-9-8-15-18(21(20)25-2)12-17(14-6-4-3-5-7-14)16(10-11-23)19(15)13-22/h3-9,16-17,19,23H,10-13,22H2,1-2H3. The molecule has 1 aliphatic carbocycles. The van der Waals surface area contributed by atoms with Gasteiger partial charge in [-0.2, -0.15) is 0 Å². The fraction of sp³-hybridized carbons (Fsp3) is 0.429. The summed E-state index contributed by atoms with van der Waals surface area (Å²) in [5.74, 6) is 2.37. The second kappa shape index (κ2) is 7.89. The summed E-state index contributed by atoms with van der Waals surface area (Å²) in [6, 6.07) is 14.6. The average molecular weight is 341 g/mol. The van der Waals surface area contributed by atoms with Crippen molar-refractivity contribution in [2.24, 2.45) is 11.7 Å². The van der Waals surface area contributed by atoms with Crippen LogP contribution in [0.15, 0.2) is 42.5 Å². The molecule has 0 amide bonds. The van der Waals surface area contributed by atoms with Gasteiger partial charge in [0.2, 0.25) is 0 Å². The van der Waals surface area contributed by atoms with Crippen molar-refractivity contribution in [1.82, 2.24) is 0 Å². The van der Waals surface area contributed by atoms with Crippen molar-refractivity contribution in [3.63, 3.8) is 0 Å². The van der Waals surface area contributed by atoms with Crippen LogP contribution < -0.4 is 15.2 Å². The number of hydrogen-bond donors (Lipinski definition) is 2. The molecule has 0 spiro atoms. The minimum Gasteiger partial charge on any atom is -0.493 e.